The van der Waals surface area contributed by atoms with Crippen LogP contribution in [0.3, 0.4) is 0 Å². The van der Waals surface area contributed by atoms with Crippen LogP contribution in [0.25, 0.3) is 0 Å². The fourth-order valence-electron chi connectivity index (χ4n) is 2.46. The van der Waals surface area contributed by atoms with Gasteiger partial charge in [0.1, 0.15) is 0 Å². The van der Waals surface area contributed by atoms with E-state index in [9.17, 15) is 14.7 Å². The maximum atomic E-state index is 11.9. The predicted molar refractivity (Wildman–Crippen MR) is 71.9 cm³/mol. The Morgan fingerprint density at radius 2 is 1.95 bits per heavy atom. The normalized spacial score (nSPS) is 17.9. The van der Waals surface area contributed by atoms with Gasteiger partial charge in [0.15, 0.2) is 0 Å². The van der Waals surface area contributed by atoms with Gasteiger partial charge in [-0.1, -0.05) is 36.8 Å². The van der Waals surface area contributed by atoms with Crippen LogP contribution in [0.15, 0.2) is 30.3 Å². The lowest BCUT2D eigenvalue weighted by Crippen LogP contribution is -2.36. The molecule has 0 aliphatic carbocycles. The number of nitrogens with zero attached hydrogens (tertiary/aromatic N) is 1. The van der Waals surface area contributed by atoms with Crippen LogP contribution in [0, 0.1) is 0 Å². The first kappa shape index (κ1) is 13.6. The van der Waals surface area contributed by atoms with Gasteiger partial charge in [0.25, 0.3) is 0 Å². The molecule has 1 aliphatic heterocycles. The second-order valence-electron chi connectivity index (χ2n) is 4.95. The summed E-state index contributed by atoms with van der Waals surface area (Å²) < 4.78 is 0. The number of likely N-dealkylation sites (tertiary alicyclic amines) is 1. The number of carbonyl (C=O) groups is 2. The summed E-state index contributed by atoms with van der Waals surface area (Å²) >= 11 is 0. The molecule has 0 bridgehead atoms. The molecule has 1 amide bonds. The van der Waals surface area contributed by atoms with E-state index in [2.05, 4.69) is 0 Å². The average Bonchev–Trinajstić information content (AvgIpc) is 2.61. The molecule has 0 aromatic heterocycles. The Morgan fingerprint density at radius 1 is 1.21 bits per heavy atom. The van der Waals surface area contributed by atoms with Gasteiger partial charge in [0.05, 0.1) is 5.92 Å². The lowest BCUT2D eigenvalue weighted by Gasteiger charge is -2.24. The van der Waals surface area contributed by atoms with Gasteiger partial charge in [-0.05, 0) is 18.4 Å². The molecular weight excluding hydrogens is 242 g/mol. The molecule has 1 unspecified atom stereocenters. The highest BCUT2D eigenvalue weighted by atomic mass is 16.4. The minimum absolute atomic E-state index is 0.0830. The summed E-state index contributed by atoms with van der Waals surface area (Å²) in [5, 5.41) is 9.38. The number of amides is 1. The zero-order valence-electron chi connectivity index (χ0n) is 10.9. The first-order valence-corrected chi connectivity index (χ1v) is 6.74. The molecule has 1 heterocycles. The van der Waals surface area contributed by atoms with E-state index in [1.54, 1.807) is 17.0 Å². The molecule has 1 N–H and O–H groups in total. The fourth-order valence-corrected chi connectivity index (χ4v) is 2.46. The minimum Gasteiger partial charge on any atom is -0.481 e. The number of hydrogen-bond donors (Lipinski definition) is 1. The van der Waals surface area contributed by atoms with E-state index in [1.807, 2.05) is 18.2 Å². The third-order valence-corrected chi connectivity index (χ3v) is 3.57. The average molecular weight is 261 g/mol. The van der Waals surface area contributed by atoms with Crippen LogP contribution in [0.5, 0.6) is 0 Å². The van der Waals surface area contributed by atoms with Gasteiger partial charge >= 0.3 is 5.97 Å². The molecular formula is C15H19NO3. The van der Waals surface area contributed by atoms with Crippen molar-refractivity contribution >= 4 is 11.9 Å². The van der Waals surface area contributed by atoms with Gasteiger partial charge in [-0.2, -0.15) is 0 Å². The Balaban J connectivity index is 2.12. The molecule has 0 radical (unpaired) electrons. The Labute approximate surface area is 113 Å². The predicted octanol–water partition coefficient (Wildman–Crippen LogP) is 2.26. The van der Waals surface area contributed by atoms with Crippen LogP contribution >= 0.6 is 0 Å². The summed E-state index contributed by atoms with van der Waals surface area (Å²) in [5.41, 5.74) is 0.757. The van der Waals surface area contributed by atoms with Crippen LogP contribution in [0.4, 0.5) is 0 Å². The lowest BCUT2D eigenvalue weighted by molar-refractivity contribution is -0.140. The lowest BCUT2D eigenvalue weighted by atomic mass is 9.98. The molecule has 4 heteroatoms. The van der Waals surface area contributed by atoms with Crippen molar-refractivity contribution in [2.75, 3.05) is 13.1 Å². The van der Waals surface area contributed by atoms with Gasteiger partial charge in [0.2, 0.25) is 5.91 Å². The second kappa shape index (κ2) is 6.36. The molecule has 19 heavy (non-hydrogen) atoms. The Bertz CT molecular complexity index is 444. The largest absolute Gasteiger partial charge is 0.481 e. The molecule has 0 spiro atoms. The monoisotopic (exact) mass is 261 g/mol. The molecule has 0 saturated carbocycles. The molecule has 1 aromatic rings. The molecule has 102 valence electrons. The van der Waals surface area contributed by atoms with Crippen molar-refractivity contribution in [1.82, 2.24) is 4.90 Å². The highest BCUT2D eigenvalue weighted by molar-refractivity contribution is 5.80. The van der Waals surface area contributed by atoms with Crippen molar-refractivity contribution in [1.29, 1.82) is 0 Å². The van der Waals surface area contributed by atoms with Gasteiger partial charge in [-0.15, -0.1) is 0 Å². The van der Waals surface area contributed by atoms with Gasteiger partial charge in [-0.3, -0.25) is 9.59 Å². The van der Waals surface area contributed by atoms with Gasteiger partial charge in [0, 0.05) is 19.5 Å². The summed E-state index contributed by atoms with van der Waals surface area (Å²) in [6, 6.07) is 9.13. The fraction of sp³-hybridized carbons (Fsp3) is 0.467. The highest BCUT2D eigenvalue weighted by Gasteiger charge is 2.26. The molecule has 1 aromatic carbocycles. The standard InChI is InChI=1S/C15H19NO3/c17-14-9-5-2-6-10-16(14)11-13(15(18)19)12-7-3-1-4-8-12/h1,3-4,7-8,13H,2,5-6,9-11H2,(H,18,19). The first-order chi connectivity index (χ1) is 9.18. The zero-order valence-corrected chi connectivity index (χ0v) is 10.9. The summed E-state index contributed by atoms with van der Waals surface area (Å²) in [6.45, 7) is 0.952. The molecule has 2 rings (SSSR count). The van der Waals surface area contributed by atoms with E-state index in [1.165, 1.54) is 0 Å². The van der Waals surface area contributed by atoms with E-state index < -0.39 is 11.9 Å². The number of benzene rings is 1. The number of aliphatic carboxylic acids is 1. The van der Waals surface area contributed by atoms with Crippen molar-refractivity contribution in [3.63, 3.8) is 0 Å². The highest BCUT2D eigenvalue weighted by Crippen LogP contribution is 2.20. The van der Waals surface area contributed by atoms with Crippen LogP contribution in [-0.4, -0.2) is 35.0 Å². The zero-order chi connectivity index (χ0) is 13.7. The molecule has 1 fully saturated rings. The Hall–Kier alpha value is -1.84. The smallest absolute Gasteiger partial charge is 0.312 e. The van der Waals surface area contributed by atoms with Gasteiger partial charge in [-0.25, -0.2) is 0 Å². The molecule has 1 saturated heterocycles. The van der Waals surface area contributed by atoms with Crippen LogP contribution in [-0.2, 0) is 9.59 Å². The summed E-state index contributed by atoms with van der Waals surface area (Å²) in [7, 11) is 0. The summed E-state index contributed by atoms with van der Waals surface area (Å²) in [4.78, 5) is 25.1. The maximum absolute atomic E-state index is 11.9. The number of rotatable bonds is 4. The van der Waals surface area contributed by atoms with Crippen LogP contribution in [0.2, 0.25) is 0 Å². The number of carboxylic acids is 1. The topological polar surface area (TPSA) is 57.6 Å². The van der Waals surface area contributed by atoms with E-state index in [-0.39, 0.29) is 12.5 Å². The first-order valence-electron chi connectivity index (χ1n) is 6.74. The van der Waals surface area contributed by atoms with Crippen molar-refractivity contribution < 1.29 is 14.7 Å². The molecule has 4 nitrogen and oxygen atoms in total. The summed E-state index contributed by atoms with van der Waals surface area (Å²) in [6.07, 6.45) is 3.47. The van der Waals surface area contributed by atoms with Crippen LogP contribution in [0.1, 0.15) is 37.2 Å². The maximum Gasteiger partial charge on any atom is 0.312 e. The molecule has 1 atom stereocenters. The SMILES string of the molecule is O=C(O)C(CN1CCCCCC1=O)c1ccccc1. The van der Waals surface area contributed by atoms with E-state index in [0.29, 0.717) is 13.0 Å². The minimum atomic E-state index is -0.872. The quantitative estimate of drug-likeness (QED) is 0.904. The number of carboxylic acid groups (broad SMARTS) is 1. The summed E-state index contributed by atoms with van der Waals surface area (Å²) in [5.74, 6) is -1.42. The second-order valence-corrected chi connectivity index (χ2v) is 4.95. The van der Waals surface area contributed by atoms with Crippen LogP contribution < -0.4 is 0 Å². The third-order valence-electron chi connectivity index (χ3n) is 3.57. The van der Waals surface area contributed by atoms with E-state index in [0.717, 1.165) is 24.8 Å². The van der Waals surface area contributed by atoms with E-state index in [4.69, 9.17) is 0 Å². The Kier molecular flexibility index (Phi) is 4.55. The van der Waals surface area contributed by atoms with E-state index >= 15 is 0 Å². The third kappa shape index (κ3) is 3.56. The number of hydrogen-bond acceptors (Lipinski definition) is 2. The van der Waals surface area contributed by atoms with Crippen molar-refractivity contribution in [3.8, 4) is 0 Å². The van der Waals surface area contributed by atoms with Crippen molar-refractivity contribution in [2.24, 2.45) is 0 Å². The van der Waals surface area contributed by atoms with Crippen molar-refractivity contribution in [3.05, 3.63) is 35.9 Å². The van der Waals surface area contributed by atoms with Gasteiger partial charge < -0.3 is 10.0 Å². The molecule has 1 aliphatic rings. The number of carbonyl (C=O) groups excluding carboxylic acids is 1. The Morgan fingerprint density at radius 3 is 2.63 bits per heavy atom. The van der Waals surface area contributed by atoms with Crippen molar-refractivity contribution in [2.45, 2.75) is 31.6 Å².